The van der Waals surface area contributed by atoms with Crippen LogP contribution in [0.15, 0.2) is 38.6 Å². The maximum atomic E-state index is 12.4. The van der Waals surface area contributed by atoms with Gasteiger partial charge in [0.05, 0.1) is 14.4 Å². The van der Waals surface area contributed by atoms with Gasteiger partial charge in [-0.25, -0.2) is 0 Å². The van der Waals surface area contributed by atoms with Gasteiger partial charge in [-0.3, -0.25) is 4.79 Å². The molecule has 0 saturated carbocycles. The van der Waals surface area contributed by atoms with E-state index in [1.54, 1.807) is 12.1 Å². The van der Waals surface area contributed by atoms with Crippen molar-refractivity contribution in [2.45, 2.75) is 6.36 Å². The summed E-state index contributed by atoms with van der Waals surface area (Å²) in [6.45, 7) is 0. The minimum Gasteiger partial charge on any atom is -0.404 e. The molecule has 0 saturated heterocycles. The number of carbonyl (C=O) groups is 1. The Labute approximate surface area is 138 Å². The second-order valence-corrected chi connectivity index (χ2v) is 7.12. The molecule has 1 heterocycles. The molecule has 3 nitrogen and oxygen atoms in total. The minimum atomic E-state index is -4.84. The van der Waals surface area contributed by atoms with E-state index in [0.29, 0.717) is 9.35 Å². The predicted octanol–water partition coefficient (Wildman–Crippen LogP) is 5.42. The first-order valence-corrected chi connectivity index (χ1v) is 7.77. The highest BCUT2D eigenvalue weighted by Crippen LogP contribution is 2.33. The molecule has 1 aromatic heterocycles. The summed E-state index contributed by atoms with van der Waals surface area (Å²) in [6, 6.07) is 7.20. The molecule has 0 aliphatic heterocycles. The maximum Gasteiger partial charge on any atom is 0.573 e. The molecule has 2 aromatic rings. The lowest BCUT2D eigenvalue weighted by molar-refractivity contribution is -0.274. The fourth-order valence-corrected chi connectivity index (χ4v) is 3.05. The van der Waals surface area contributed by atoms with Gasteiger partial charge in [-0.15, -0.1) is 24.5 Å². The van der Waals surface area contributed by atoms with Crippen LogP contribution in [0.5, 0.6) is 5.75 Å². The first-order valence-electron chi connectivity index (χ1n) is 5.36. The molecular weight excluding hydrogens is 439 g/mol. The van der Waals surface area contributed by atoms with Crippen molar-refractivity contribution in [3.63, 3.8) is 0 Å². The minimum absolute atomic E-state index is 0.0648. The number of anilines is 1. The van der Waals surface area contributed by atoms with Crippen molar-refractivity contribution in [3.8, 4) is 5.75 Å². The predicted molar refractivity (Wildman–Crippen MR) is 80.8 cm³/mol. The fraction of sp³-hybridized carbons (Fsp3) is 0.0833. The SMILES string of the molecule is O=C(Nc1ccc(Br)cc1OC(F)(F)F)c1ccc(Br)s1. The summed E-state index contributed by atoms with van der Waals surface area (Å²) in [4.78, 5) is 12.3. The van der Waals surface area contributed by atoms with Crippen LogP contribution in [0.3, 0.4) is 0 Å². The molecule has 0 fully saturated rings. The molecule has 1 amide bonds. The molecule has 0 spiro atoms. The second kappa shape index (κ2) is 6.37. The number of halogens is 5. The molecule has 2 rings (SSSR count). The van der Waals surface area contributed by atoms with Gasteiger partial charge in [0.25, 0.3) is 5.91 Å². The van der Waals surface area contributed by atoms with E-state index in [4.69, 9.17) is 0 Å². The van der Waals surface area contributed by atoms with E-state index in [1.807, 2.05) is 0 Å². The summed E-state index contributed by atoms with van der Waals surface area (Å²) < 4.78 is 42.1. The number of rotatable bonds is 3. The van der Waals surface area contributed by atoms with Gasteiger partial charge >= 0.3 is 6.36 Å². The molecule has 112 valence electrons. The molecule has 0 bridgehead atoms. The van der Waals surface area contributed by atoms with Crippen LogP contribution >= 0.6 is 43.2 Å². The van der Waals surface area contributed by atoms with Gasteiger partial charge < -0.3 is 10.1 Å². The molecule has 0 atom stereocenters. The zero-order valence-electron chi connectivity index (χ0n) is 10.0. The lowest BCUT2D eigenvalue weighted by Crippen LogP contribution is -2.19. The van der Waals surface area contributed by atoms with Crippen LogP contribution in [0.2, 0.25) is 0 Å². The molecule has 1 aromatic carbocycles. The number of benzene rings is 1. The third-order valence-electron chi connectivity index (χ3n) is 2.21. The highest BCUT2D eigenvalue weighted by Gasteiger charge is 2.32. The number of amides is 1. The van der Waals surface area contributed by atoms with Gasteiger partial charge in [0.1, 0.15) is 0 Å². The Kier molecular flexibility index (Phi) is 4.95. The van der Waals surface area contributed by atoms with Crippen molar-refractivity contribution < 1.29 is 22.7 Å². The summed E-state index contributed by atoms with van der Waals surface area (Å²) in [7, 11) is 0. The van der Waals surface area contributed by atoms with Crippen LogP contribution in [0.1, 0.15) is 9.67 Å². The van der Waals surface area contributed by atoms with E-state index >= 15 is 0 Å². The highest BCUT2D eigenvalue weighted by molar-refractivity contribution is 9.11. The summed E-state index contributed by atoms with van der Waals surface area (Å²) in [6.07, 6.45) is -4.84. The summed E-state index contributed by atoms with van der Waals surface area (Å²) in [5, 5.41) is 2.39. The first kappa shape index (κ1) is 16.3. The zero-order chi connectivity index (χ0) is 15.6. The molecule has 0 radical (unpaired) electrons. The Hall–Kier alpha value is -1.06. The molecule has 0 aliphatic carbocycles. The van der Waals surface area contributed by atoms with E-state index < -0.39 is 18.0 Å². The largest absolute Gasteiger partial charge is 0.573 e. The Morgan fingerprint density at radius 2 is 1.90 bits per heavy atom. The Morgan fingerprint density at radius 3 is 2.48 bits per heavy atom. The molecule has 0 unspecified atom stereocenters. The fourth-order valence-electron chi connectivity index (χ4n) is 1.43. The van der Waals surface area contributed by atoms with Crippen LogP contribution in [0.4, 0.5) is 18.9 Å². The lowest BCUT2D eigenvalue weighted by atomic mass is 10.3. The molecule has 1 N–H and O–H groups in total. The molecule has 21 heavy (non-hydrogen) atoms. The smallest absolute Gasteiger partial charge is 0.404 e. The average molecular weight is 445 g/mol. The number of nitrogens with one attached hydrogen (secondary N) is 1. The highest BCUT2D eigenvalue weighted by atomic mass is 79.9. The van der Waals surface area contributed by atoms with Crippen molar-refractivity contribution >= 4 is 54.8 Å². The zero-order valence-corrected chi connectivity index (χ0v) is 14.0. The van der Waals surface area contributed by atoms with Crippen molar-refractivity contribution in [2.24, 2.45) is 0 Å². The lowest BCUT2D eigenvalue weighted by Gasteiger charge is -2.14. The van der Waals surface area contributed by atoms with Gasteiger partial charge in [-0.1, -0.05) is 15.9 Å². The van der Waals surface area contributed by atoms with Crippen LogP contribution in [-0.4, -0.2) is 12.3 Å². The van der Waals surface area contributed by atoms with Gasteiger partial charge in [0.2, 0.25) is 0 Å². The number of thiophene rings is 1. The third-order valence-corrected chi connectivity index (χ3v) is 4.33. The van der Waals surface area contributed by atoms with Crippen molar-refractivity contribution in [2.75, 3.05) is 5.32 Å². The first-order chi connectivity index (χ1) is 9.74. The van der Waals surface area contributed by atoms with E-state index in [1.165, 1.54) is 23.5 Å². The molecular formula is C12H6Br2F3NO2S. The van der Waals surface area contributed by atoms with Crippen LogP contribution in [0.25, 0.3) is 0 Å². The monoisotopic (exact) mass is 443 g/mol. The number of carbonyl (C=O) groups excluding carboxylic acids is 1. The Balaban J connectivity index is 2.25. The molecule has 9 heteroatoms. The van der Waals surface area contributed by atoms with Gasteiger partial charge in [0.15, 0.2) is 5.75 Å². The normalized spacial score (nSPS) is 11.3. The van der Waals surface area contributed by atoms with Gasteiger partial charge in [-0.2, -0.15) is 0 Å². The van der Waals surface area contributed by atoms with Gasteiger partial charge in [-0.05, 0) is 46.3 Å². The topological polar surface area (TPSA) is 38.3 Å². The van der Waals surface area contributed by atoms with Crippen LogP contribution < -0.4 is 10.1 Å². The van der Waals surface area contributed by atoms with Gasteiger partial charge in [0, 0.05) is 4.47 Å². The van der Waals surface area contributed by atoms with E-state index in [0.717, 1.165) is 9.85 Å². The Morgan fingerprint density at radius 1 is 1.19 bits per heavy atom. The van der Waals surface area contributed by atoms with Crippen LogP contribution in [0, 0.1) is 0 Å². The van der Waals surface area contributed by atoms with Crippen molar-refractivity contribution in [1.82, 2.24) is 0 Å². The second-order valence-electron chi connectivity index (χ2n) is 3.75. The van der Waals surface area contributed by atoms with Crippen molar-refractivity contribution in [3.05, 3.63) is 43.5 Å². The molecule has 0 aliphatic rings. The number of hydrogen-bond acceptors (Lipinski definition) is 3. The van der Waals surface area contributed by atoms with E-state index in [9.17, 15) is 18.0 Å². The van der Waals surface area contributed by atoms with Crippen LogP contribution in [-0.2, 0) is 0 Å². The maximum absolute atomic E-state index is 12.4. The summed E-state index contributed by atoms with van der Waals surface area (Å²) in [5.74, 6) is -0.999. The van der Waals surface area contributed by atoms with E-state index in [2.05, 4.69) is 41.9 Å². The van der Waals surface area contributed by atoms with E-state index in [-0.39, 0.29) is 5.69 Å². The average Bonchev–Trinajstić information content (AvgIpc) is 2.77. The quantitative estimate of drug-likeness (QED) is 0.685. The number of alkyl halides is 3. The standard InChI is InChI=1S/C12H6Br2F3NO2S/c13-6-1-2-7(8(5-6)20-12(15,16)17)18-11(19)9-3-4-10(14)21-9/h1-5H,(H,18,19). The third kappa shape index (κ3) is 4.72. The van der Waals surface area contributed by atoms with Crippen molar-refractivity contribution in [1.29, 1.82) is 0 Å². The summed E-state index contributed by atoms with van der Waals surface area (Å²) >= 11 is 7.43. The number of hydrogen-bond donors (Lipinski definition) is 1. The number of ether oxygens (including phenoxy) is 1. The Bertz CT molecular complexity index is 673. The summed E-state index contributed by atoms with van der Waals surface area (Å²) in [5.41, 5.74) is -0.0648.